The maximum absolute atomic E-state index is 11.0. The predicted molar refractivity (Wildman–Crippen MR) is 149 cm³/mol. The van der Waals surface area contributed by atoms with E-state index in [1.807, 2.05) is 84.9 Å². The third kappa shape index (κ3) is 5.48. The van der Waals surface area contributed by atoms with Crippen LogP contribution in [0.5, 0.6) is 0 Å². The van der Waals surface area contributed by atoms with Gasteiger partial charge in [-0.25, -0.2) is 0 Å². The number of anilines is 3. The Morgan fingerprint density at radius 3 is 2.16 bits per heavy atom. The molecule has 0 spiro atoms. The van der Waals surface area contributed by atoms with Crippen molar-refractivity contribution in [3.63, 3.8) is 0 Å². The molecule has 0 atom stereocenters. The van der Waals surface area contributed by atoms with Crippen LogP contribution < -0.4 is 10.6 Å². The van der Waals surface area contributed by atoms with Crippen molar-refractivity contribution >= 4 is 44.9 Å². The third-order valence-electron chi connectivity index (χ3n) is 5.98. The summed E-state index contributed by atoms with van der Waals surface area (Å²) in [6.45, 7) is 0.754. The summed E-state index contributed by atoms with van der Waals surface area (Å²) in [4.78, 5) is 10.5. The molecule has 0 aromatic heterocycles. The molecule has 0 aliphatic rings. The van der Waals surface area contributed by atoms with Crippen molar-refractivity contribution in [1.82, 2.24) is 0 Å². The highest BCUT2D eigenvalue weighted by atomic mass is 16.6. The zero-order chi connectivity index (χ0) is 26.3. The fourth-order valence-corrected chi connectivity index (χ4v) is 4.03. The Kier molecular flexibility index (Phi) is 7.00. The van der Waals surface area contributed by atoms with E-state index in [2.05, 4.69) is 33.0 Å². The number of non-ortho nitro benzene ring substituents is 1. The topological polar surface area (TPSA) is 116 Å². The van der Waals surface area contributed by atoms with Gasteiger partial charge in [0, 0.05) is 46.5 Å². The van der Waals surface area contributed by atoms with Gasteiger partial charge in [-0.3, -0.25) is 10.1 Å². The first-order valence-corrected chi connectivity index (χ1v) is 11.9. The Morgan fingerprint density at radius 1 is 0.763 bits per heavy atom. The van der Waals surface area contributed by atoms with Crippen LogP contribution in [-0.4, -0.2) is 4.92 Å². The fraction of sp³-hybridized carbons (Fsp3) is 0.0333. The number of benzene rings is 5. The lowest BCUT2D eigenvalue weighted by Crippen LogP contribution is -1.99. The summed E-state index contributed by atoms with van der Waals surface area (Å²) < 4.78 is 0. The van der Waals surface area contributed by atoms with Crippen LogP contribution in [-0.2, 0) is 6.54 Å². The van der Waals surface area contributed by atoms with Crippen LogP contribution in [0.3, 0.4) is 0 Å². The summed E-state index contributed by atoms with van der Waals surface area (Å²) in [6, 6.07) is 35.8. The minimum Gasteiger partial charge on any atom is -0.381 e. The molecule has 0 aliphatic carbocycles. The summed E-state index contributed by atoms with van der Waals surface area (Å²) in [6.07, 6.45) is 0. The highest BCUT2D eigenvalue weighted by Crippen LogP contribution is 2.35. The lowest BCUT2D eigenvalue weighted by molar-refractivity contribution is -0.384. The van der Waals surface area contributed by atoms with Crippen molar-refractivity contribution < 1.29 is 4.92 Å². The highest BCUT2D eigenvalue weighted by Gasteiger charge is 2.11. The first-order valence-electron chi connectivity index (χ1n) is 11.9. The number of nitriles is 1. The quantitative estimate of drug-likeness (QED) is 0.127. The SMILES string of the molecule is N#Cc1cc([N+](=O)[O-])ccc1N=Nc1ccc(Nc2ccc(NCc3ccccc3)cc2)c2ccccc12. The standard InChI is InChI=1S/C30H22N6O2/c31-19-22-18-25(36(37)38)14-15-28(22)34-35-30-17-16-29(26-8-4-5-9-27(26)30)33-24-12-10-23(11-13-24)32-20-21-6-2-1-3-7-21/h1-18,32-33H,20H2. The fourth-order valence-electron chi connectivity index (χ4n) is 4.03. The second-order valence-electron chi connectivity index (χ2n) is 8.49. The van der Waals surface area contributed by atoms with Crippen LogP contribution in [0, 0.1) is 21.4 Å². The number of azo groups is 1. The lowest BCUT2D eigenvalue weighted by Gasteiger charge is -2.12. The molecule has 0 bridgehead atoms. The second kappa shape index (κ2) is 11.0. The number of nitrogens with one attached hydrogen (secondary N) is 2. The molecule has 0 saturated heterocycles. The highest BCUT2D eigenvalue weighted by molar-refractivity contribution is 6.01. The molecule has 0 fully saturated rings. The minimum absolute atomic E-state index is 0.0900. The van der Waals surface area contributed by atoms with Gasteiger partial charge in [0.15, 0.2) is 0 Å². The molecule has 0 unspecified atom stereocenters. The molecule has 8 nitrogen and oxygen atoms in total. The molecule has 5 aromatic carbocycles. The van der Waals surface area contributed by atoms with E-state index in [4.69, 9.17) is 0 Å². The third-order valence-corrected chi connectivity index (χ3v) is 5.98. The number of rotatable bonds is 8. The Bertz CT molecular complexity index is 1680. The van der Waals surface area contributed by atoms with E-state index in [-0.39, 0.29) is 16.9 Å². The van der Waals surface area contributed by atoms with E-state index >= 15 is 0 Å². The summed E-state index contributed by atoms with van der Waals surface area (Å²) in [7, 11) is 0. The van der Waals surface area contributed by atoms with E-state index in [9.17, 15) is 15.4 Å². The van der Waals surface area contributed by atoms with Crippen LogP contribution in [0.15, 0.2) is 119 Å². The largest absolute Gasteiger partial charge is 0.381 e. The average Bonchev–Trinajstić information content (AvgIpc) is 2.96. The first-order chi connectivity index (χ1) is 18.6. The number of fused-ring (bicyclic) bond motifs is 1. The second-order valence-corrected chi connectivity index (χ2v) is 8.49. The van der Waals surface area contributed by atoms with Gasteiger partial charge in [0.2, 0.25) is 0 Å². The van der Waals surface area contributed by atoms with E-state index in [1.54, 1.807) is 0 Å². The molecule has 8 heteroatoms. The Balaban J connectivity index is 1.35. The van der Waals surface area contributed by atoms with Gasteiger partial charge in [0.25, 0.3) is 5.69 Å². The predicted octanol–water partition coefficient (Wildman–Crippen LogP) is 8.39. The zero-order valence-corrected chi connectivity index (χ0v) is 20.2. The van der Waals surface area contributed by atoms with Crippen molar-refractivity contribution in [2.45, 2.75) is 6.54 Å². The van der Waals surface area contributed by atoms with Gasteiger partial charge >= 0.3 is 0 Å². The molecule has 2 N–H and O–H groups in total. The smallest absolute Gasteiger partial charge is 0.270 e. The first kappa shape index (κ1) is 24.2. The Morgan fingerprint density at radius 2 is 1.42 bits per heavy atom. The van der Waals surface area contributed by atoms with Gasteiger partial charge in [-0.1, -0.05) is 54.6 Å². The zero-order valence-electron chi connectivity index (χ0n) is 20.2. The summed E-state index contributed by atoms with van der Waals surface area (Å²) in [5.41, 5.74) is 4.92. The van der Waals surface area contributed by atoms with Gasteiger partial charge in [-0.05, 0) is 48.0 Å². The molecule has 0 aliphatic heterocycles. The molecule has 5 aromatic rings. The number of nitrogens with zero attached hydrogens (tertiary/aromatic N) is 4. The van der Waals surface area contributed by atoms with Crippen LogP contribution in [0.2, 0.25) is 0 Å². The lowest BCUT2D eigenvalue weighted by atomic mass is 10.1. The molecule has 0 saturated carbocycles. The van der Waals surface area contributed by atoms with Crippen molar-refractivity contribution in [1.29, 1.82) is 5.26 Å². The number of nitro groups is 1. The number of nitro benzene ring substituents is 1. The van der Waals surface area contributed by atoms with Gasteiger partial charge < -0.3 is 10.6 Å². The molecule has 38 heavy (non-hydrogen) atoms. The van der Waals surface area contributed by atoms with Gasteiger partial charge in [0.05, 0.1) is 16.2 Å². The molecular weight excluding hydrogens is 476 g/mol. The van der Waals surface area contributed by atoms with Gasteiger partial charge in [-0.15, -0.1) is 10.2 Å². The van der Waals surface area contributed by atoms with E-state index in [0.717, 1.165) is 34.4 Å². The maximum atomic E-state index is 11.0. The van der Waals surface area contributed by atoms with E-state index in [1.165, 1.54) is 23.8 Å². The minimum atomic E-state index is -0.546. The van der Waals surface area contributed by atoms with Crippen molar-refractivity contribution in [2.75, 3.05) is 10.6 Å². The molecule has 0 radical (unpaired) electrons. The van der Waals surface area contributed by atoms with Crippen molar-refractivity contribution in [3.8, 4) is 6.07 Å². The maximum Gasteiger partial charge on any atom is 0.270 e. The Labute approximate surface area is 219 Å². The van der Waals surface area contributed by atoms with Gasteiger partial charge in [-0.2, -0.15) is 5.26 Å². The van der Waals surface area contributed by atoms with E-state index < -0.39 is 4.92 Å². The number of hydrogen-bond donors (Lipinski definition) is 2. The van der Waals surface area contributed by atoms with Crippen molar-refractivity contribution in [2.24, 2.45) is 10.2 Å². The van der Waals surface area contributed by atoms with Crippen LogP contribution in [0.25, 0.3) is 10.8 Å². The molecular formula is C30H22N6O2. The Hall–Kier alpha value is -5.55. The van der Waals surface area contributed by atoms with Crippen LogP contribution in [0.1, 0.15) is 11.1 Å². The average molecular weight is 499 g/mol. The van der Waals surface area contributed by atoms with Crippen molar-refractivity contribution in [3.05, 3.63) is 130 Å². The normalized spacial score (nSPS) is 10.8. The van der Waals surface area contributed by atoms with E-state index in [0.29, 0.717) is 5.69 Å². The van der Waals surface area contributed by atoms with Crippen LogP contribution in [0.4, 0.5) is 34.1 Å². The molecule has 5 rings (SSSR count). The molecule has 0 amide bonds. The monoisotopic (exact) mass is 498 g/mol. The van der Waals surface area contributed by atoms with Crippen LogP contribution >= 0.6 is 0 Å². The molecule has 184 valence electrons. The summed E-state index contributed by atoms with van der Waals surface area (Å²) in [5, 5.41) is 37.7. The molecule has 0 heterocycles. The summed E-state index contributed by atoms with van der Waals surface area (Å²) in [5.74, 6) is 0. The number of hydrogen-bond acceptors (Lipinski definition) is 7. The van der Waals surface area contributed by atoms with Gasteiger partial charge in [0.1, 0.15) is 11.8 Å². The summed E-state index contributed by atoms with van der Waals surface area (Å²) >= 11 is 0.